The Labute approximate surface area is 124 Å². The molecule has 0 fully saturated rings. The normalized spacial score (nSPS) is 11.4. The second-order valence-corrected chi connectivity index (χ2v) is 6.92. The molecule has 100 valence electrons. The third-order valence-electron chi connectivity index (χ3n) is 2.40. The lowest BCUT2D eigenvalue weighted by atomic mass is 10.1. The van der Waals surface area contributed by atoms with Gasteiger partial charge in [0.15, 0.2) is 0 Å². The molecule has 0 aliphatic heterocycles. The zero-order valence-electron chi connectivity index (χ0n) is 10.5. The minimum atomic E-state index is -0.193. The lowest BCUT2D eigenvalue weighted by molar-refractivity contribution is 0.0955. The van der Waals surface area contributed by atoms with E-state index in [4.69, 9.17) is 11.6 Å². The first kappa shape index (κ1) is 14.2. The van der Waals surface area contributed by atoms with Crippen LogP contribution in [0.3, 0.4) is 0 Å². The molecule has 2 rings (SSSR count). The lowest BCUT2D eigenvalue weighted by Crippen LogP contribution is -2.16. The summed E-state index contributed by atoms with van der Waals surface area (Å²) >= 11 is 8.80. The van der Waals surface area contributed by atoms with Crippen LogP contribution in [0.1, 0.15) is 39.9 Å². The predicted molar refractivity (Wildman–Crippen MR) is 82.8 cm³/mol. The molecule has 0 radical (unpaired) electrons. The maximum Gasteiger partial charge on any atom is 0.272 e. The highest BCUT2D eigenvalue weighted by atomic mass is 35.5. The van der Waals surface area contributed by atoms with Gasteiger partial charge in [-0.15, -0.1) is 22.7 Å². The molecule has 0 aliphatic rings. The zero-order valence-corrected chi connectivity index (χ0v) is 12.9. The van der Waals surface area contributed by atoms with Gasteiger partial charge in [0.05, 0.1) is 16.1 Å². The molecule has 1 amide bonds. The molecule has 19 heavy (non-hydrogen) atoms. The SMILES string of the molecule is CC(C)c1cc(C(=O)N/N=C\c2ccc(Cl)s2)cs1. The fraction of sp³-hybridized carbons (Fsp3) is 0.231. The second kappa shape index (κ2) is 6.32. The fourth-order valence-electron chi connectivity index (χ4n) is 1.39. The second-order valence-electron chi connectivity index (χ2n) is 4.23. The summed E-state index contributed by atoms with van der Waals surface area (Å²) in [6, 6.07) is 5.55. The monoisotopic (exact) mass is 312 g/mol. The van der Waals surface area contributed by atoms with E-state index in [0.29, 0.717) is 15.8 Å². The predicted octanol–water partition coefficient (Wildman–Crippen LogP) is 4.35. The number of nitrogens with zero attached hydrogens (tertiary/aromatic N) is 1. The van der Waals surface area contributed by atoms with Crippen molar-refractivity contribution in [2.45, 2.75) is 19.8 Å². The van der Waals surface area contributed by atoms with Crippen molar-refractivity contribution in [3.8, 4) is 0 Å². The van der Waals surface area contributed by atoms with Crippen molar-refractivity contribution in [1.82, 2.24) is 5.43 Å². The Morgan fingerprint density at radius 1 is 1.47 bits per heavy atom. The molecule has 2 heterocycles. The number of thiophene rings is 2. The number of hydrogen-bond acceptors (Lipinski definition) is 4. The highest BCUT2D eigenvalue weighted by Gasteiger charge is 2.09. The Hall–Kier alpha value is -1.17. The van der Waals surface area contributed by atoms with E-state index in [1.807, 2.05) is 17.5 Å². The summed E-state index contributed by atoms with van der Waals surface area (Å²) in [5, 5.41) is 5.77. The smallest absolute Gasteiger partial charge is 0.267 e. The lowest BCUT2D eigenvalue weighted by Gasteiger charge is -1.97. The quantitative estimate of drug-likeness (QED) is 0.662. The van der Waals surface area contributed by atoms with Gasteiger partial charge in [-0.1, -0.05) is 25.4 Å². The molecular formula is C13H13ClN2OS2. The summed E-state index contributed by atoms with van der Waals surface area (Å²) in [4.78, 5) is 13.9. The van der Waals surface area contributed by atoms with Gasteiger partial charge in [0.25, 0.3) is 5.91 Å². The van der Waals surface area contributed by atoms with Crippen LogP contribution in [0, 0.1) is 0 Å². The third-order valence-corrected chi connectivity index (χ3v) is 4.80. The van der Waals surface area contributed by atoms with Crippen LogP contribution < -0.4 is 5.43 Å². The van der Waals surface area contributed by atoms with Gasteiger partial charge < -0.3 is 0 Å². The Kier molecular flexibility index (Phi) is 4.74. The fourth-order valence-corrected chi connectivity index (χ4v) is 3.23. The highest BCUT2D eigenvalue weighted by molar-refractivity contribution is 7.17. The molecule has 0 saturated heterocycles. The Morgan fingerprint density at radius 2 is 2.26 bits per heavy atom. The molecule has 0 spiro atoms. The van der Waals surface area contributed by atoms with Crippen LogP contribution in [0.4, 0.5) is 0 Å². The molecule has 3 nitrogen and oxygen atoms in total. The van der Waals surface area contributed by atoms with Crippen LogP contribution in [0.25, 0.3) is 0 Å². The van der Waals surface area contributed by atoms with Crippen molar-refractivity contribution >= 4 is 46.4 Å². The largest absolute Gasteiger partial charge is 0.272 e. The first-order chi connectivity index (χ1) is 9.06. The molecule has 1 N–H and O–H groups in total. The number of amides is 1. The van der Waals surface area contributed by atoms with Crippen molar-refractivity contribution in [3.05, 3.63) is 43.2 Å². The Bertz CT molecular complexity index is 601. The molecule has 0 aliphatic carbocycles. The Balaban J connectivity index is 1.95. The van der Waals surface area contributed by atoms with Gasteiger partial charge in [-0.3, -0.25) is 4.79 Å². The Morgan fingerprint density at radius 3 is 2.84 bits per heavy atom. The van der Waals surface area contributed by atoms with Crippen molar-refractivity contribution in [2.24, 2.45) is 5.10 Å². The summed E-state index contributed by atoms with van der Waals surface area (Å²) in [6.07, 6.45) is 1.59. The number of nitrogens with one attached hydrogen (secondary N) is 1. The molecule has 0 bridgehead atoms. The maximum absolute atomic E-state index is 11.8. The summed E-state index contributed by atoms with van der Waals surface area (Å²) in [6.45, 7) is 4.21. The number of carbonyl (C=O) groups is 1. The summed E-state index contributed by atoms with van der Waals surface area (Å²) in [7, 11) is 0. The van der Waals surface area contributed by atoms with E-state index in [1.165, 1.54) is 16.2 Å². The summed E-state index contributed by atoms with van der Waals surface area (Å²) in [5.41, 5.74) is 3.16. The molecule has 6 heteroatoms. The van der Waals surface area contributed by atoms with Gasteiger partial charge in [0, 0.05) is 15.1 Å². The van der Waals surface area contributed by atoms with E-state index in [1.54, 1.807) is 23.6 Å². The molecule has 2 aromatic heterocycles. The molecular weight excluding hydrogens is 300 g/mol. The first-order valence-electron chi connectivity index (χ1n) is 5.73. The van der Waals surface area contributed by atoms with Crippen LogP contribution in [0.2, 0.25) is 4.34 Å². The molecule has 0 atom stereocenters. The van der Waals surface area contributed by atoms with Crippen LogP contribution in [0.5, 0.6) is 0 Å². The summed E-state index contributed by atoms with van der Waals surface area (Å²) in [5.74, 6) is 0.241. The molecule has 0 saturated carbocycles. The van der Waals surface area contributed by atoms with Gasteiger partial charge in [-0.05, 0) is 24.1 Å². The molecule has 0 aromatic carbocycles. The van der Waals surface area contributed by atoms with Crippen LogP contribution in [0.15, 0.2) is 28.7 Å². The van der Waals surface area contributed by atoms with Crippen LogP contribution >= 0.6 is 34.3 Å². The average molecular weight is 313 g/mol. The van der Waals surface area contributed by atoms with Crippen molar-refractivity contribution in [1.29, 1.82) is 0 Å². The number of carbonyl (C=O) groups excluding carboxylic acids is 1. The van der Waals surface area contributed by atoms with E-state index in [0.717, 1.165) is 4.88 Å². The van der Waals surface area contributed by atoms with Gasteiger partial charge in [-0.2, -0.15) is 5.10 Å². The van der Waals surface area contributed by atoms with Gasteiger partial charge in [0.1, 0.15) is 0 Å². The number of halogens is 1. The van der Waals surface area contributed by atoms with Crippen molar-refractivity contribution < 1.29 is 4.79 Å². The minimum absolute atomic E-state index is 0.193. The van der Waals surface area contributed by atoms with E-state index < -0.39 is 0 Å². The average Bonchev–Trinajstić information content (AvgIpc) is 2.98. The van der Waals surface area contributed by atoms with Crippen molar-refractivity contribution in [2.75, 3.05) is 0 Å². The van der Waals surface area contributed by atoms with Gasteiger partial charge in [0.2, 0.25) is 0 Å². The maximum atomic E-state index is 11.8. The van der Waals surface area contributed by atoms with E-state index >= 15 is 0 Å². The van der Waals surface area contributed by atoms with Gasteiger partial charge >= 0.3 is 0 Å². The van der Waals surface area contributed by atoms with E-state index in [2.05, 4.69) is 24.4 Å². The van der Waals surface area contributed by atoms with E-state index in [-0.39, 0.29) is 5.91 Å². The van der Waals surface area contributed by atoms with Crippen LogP contribution in [-0.4, -0.2) is 12.1 Å². The van der Waals surface area contributed by atoms with Crippen LogP contribution in [-0.2, 0) is 0 Å². The zero-order chi connectivity index (χ0) is 13.8. The topological polar surface area (TPSA) is 41.5 Å². The number of hydrazone groups is 1. The number of hydrogen-bond donors (Lipinski definition) is 1. The van der Waals surface area contributed by atoms with E-state index in [9.17, 15) is 4.79 Å². The third kappa shape index (κ3) is 3.89. The number of rotatable bonds is 4. The standard InChI is InChI=1S/C13H13ClN2OS2/c1-8(2)11-5-9(7-18-11)13(17)16-15-6-10-3-4-12(14)19-10/h3-8H,1-2H3,(H,16,17)/b15-6-. The molecule has 2 aromatic rings. The van der Waals surface area contributed by atoms with Crippen molar-refractivity contribution in [3.63, 3.8) is 0 Å². The highest BCUT2D eigenvalue weighted by Crippen LogP contribution is 2.23. The minimum Gasteiger partial charge on any atom is -0.267 e. The first-order valence-corrected chi connectivity index (χ1v) is 7.81. The molecule has 0 unspecified atom stereocenters. The summed E-state index contributed by atoms with van der Waals surface area (Å²) < 4.78 is 0.701. The van der Waals surface area contributed by atoms with Gasteiger partial charge in [-0.25, -0.2) is 5.43 Å².